The van der Waals surface area contributed by atoms with Gasteiger partial charge >= 0.3 is 5.97 Å². The molecule has 2 aromatic rings. The zero-order valence-electron chi connectivity index (χ0n) is 12.6. The SMILES string of the molecule is CN(Cc1nc2c(s1)CCCC2)Cc1ncccc1C(=O)O. The average molecular weight is 317 g/mol. The van der Waals surface area contributed by atoms with Gasteiger partial charge in [0, 0.05) is 17.6 Å². The molecule has 2 aromatic heterocycles. The molecule has 22 heavy (non-hydrogen) atoms. The van der Waals surface area contributed by atoms with E-state index in [1.807, 2.05) is 7.05 Å². The number of carboxylic acids is 1. The van der Waals surface area contributed by atoms with E-state index in [1.165, 1.54) is 23.4 Å². The molecule has 0 unspecified atom stereocenters. The van der Waals surface area contributed by atoms with Crippen LogP contribution in [0.3, 0.4) is 0 Å². The van der Waals surface area contributed by atoms with Gasteiger partial charge in [0.2, 0.25) is 0 Å². The number of aromatic carboxylic acids is 1. The van der Waals surface area contributed by atoms with Gasteiger partial charge in [-0.05, 0) is 44.9 Å². The molecule has 0 amide bonds. The van der Waals surface area contributed by atoms with Gasteiger partial charge in [0.1, 0.15) is 5.01 Å². The Balaban J connectivity index is 1.69. The summed E-state index contributed by atoms with van der Waals surface area (Å²) in [5.41, 5.74) is 2.13. The summed E-state index contributed by atoms with van der Waals surface area (Å²) in [6, 6.07) is 3.25. The number of rotatable bonds is 5. The highest BCUT2D eigenvalue weighted by molar-refractivity contribution is 7.11. The maximum Gasteiger partial charge on any atom is 0.337 e. The average Bonchev–Trinajstić information content (AvgIpc) is 2.89. The van der Waals surface area contributed by atoms with E-state index < -0.39 is 5.97 Å². The van der Waals surface area contributed by atoms with Gasteiger partial charge in [-0.3, -0.25) is 9.88 Å². The number of nitrogens with zero attached hydrogens (tertiary/aromatic N) is 3. The largest absolute Gasteiger partial charge is 0.478 e. The monoisotopic (exact) mass is 317 g/mol. The number of thiazole rings is 1. The topological polar surface area (TPSA) is 66.3 Å². The molecule has 0 fully saturated rings. The highest BCUT2D eigenvalue weighted by Gasteiger charge is 2.17. The van der Waals surface area contributed by atoms with Crippen LogP contribution in [-0.4, -0.2) is 33.0 Å². The van der Waals surface area contributed by atoms with Crippen molar-refractivity contribution in [2.75, 3.05) is 7.05 Å². The number of pyridine rings is 1. The van der Waals surface area contributed by atoms with Crippen molar-refractivity contribution in [3.05, 3.63) is 45.2 Å². The highest BCUT2D eigenvalue weighted by atomic mass is 32.1. The summed E-state index contributed by atoms with van der Waals surface area (Å²) in [5, 5.41) is 10.3. The number of carboxylic acid groups (broad SMARTS) is 1. The van der Waals surface area contributed by atoms with Crippen LogP contribution in [0, 0.1) is 0 Å². The minimum atomic E-state index is -0.929. The van der Waals surface area contributed by atoms with E-state index in [-0.39, 0.29) is 5.56 Å². The zero-order valence-corrected chi connectivity index (χ0v) is 13.4. The maximum absolute atomic E-state index is 11.2. The van der Waals surface area contributed by atoms with E-state index in [1.54, 1.807) is 29.7 Å². The number of aryl methyl sites for hydroxylation is 2. The Kier molecular flexibility index (Phi) is 4.49. The molecular weight excluding hydrogens is 298 g/mol. The molecule has 0 radical (unpaired) electrons. The van der Waals surface area contributed by atoms with Crippen LogP contribution in [-0.2, 0) is 25.9 Å². The van der Waals surface area contributed by atoms with E-state index in [2.05, 4.69) is 9.88 Å². The Morgan fingerprint density at radius 1 is 1.36 bits per heavy atom. The van der Waals surface area contributed by atoms with Crippen molar-refractivity contribution in [3.63, 3.8) is 0 Å². The first kappa shape index (κ1) is 15.1. The Bertz CT molecular complexity index is 660. The number of hydrogen-bond acceptors (Lipinski definition) is 5. The van der Waals surface area contributed by atoms with E-state index in [4.69, 9.17) is 4.98 Å². The summed E-state index contributed by atoms with van der Waals surface area (Å²) in [6.07, 6.45) is 6.39. The second-order valence-electron chi connectivity index (χ2n) is 5.66. The molecule has 116 valence electrons. The molecule has 1 aliphatic carbocycles. The summed E-state index contributed by atoms with van der Waals surface area (Å²) in [7, 11) is 1.97. The Morgan fingerprint density at radius 2 is 2.18 bits per heavy atom. The lowest BCUT2D eigenvalue weighted by Crippen LogP contribution is -2.20. The van der Waals surface area contributed by atoms with Crippen LogP contribution in [0.25, 0.3) is 0 Å². The van der Waals surface area contributed by atoms with Crippen molar-refractivity contribution >= 4 is 17.3 Å². The molecule has 5 nitrogen and oxygen atoms in total. The highest BCUT2D eigenvalue weighted by Crippen LogP contribution is 2.27. The van der Waals surface area contributed by atoms with Gasteiger partial charge in [0.25, 0.3) is 0 Å². The van der Waals surface area contributed by atoms with E-state index in [9.17, 15) is 9.90 Å². The molecule has 2 heterocycles. The number of hydrogen-bond donors (Lipinski definition) is 1. The lowest BCUT2D eigenvalue weighted by atomic mass is 10.0. The van der Waals surface area contributed by atoms with Crippen LogP contribution in [0.15, 0.2) is 18.3 Å². The molecule has 0 saturated heterocycles. The van der Waals surface area contributed by atoms with Crippen LogP contribution in [0.4, 0.5) is 0 Å². The fourth-order valence-electron chi connectivity index (χ4n) is 2.77. The van der Waals surface area contributed by atoms with Crippen molar-refractivity contribution in [2.24, 2.45) is 0 Å². The molecule has 0 spiro atoms. The van der Waals surface area contributed by atoms with Gasteiger partial charge in [-0.2, -0.15) is 0 Å². The van der Waals surface area contributed by atoms with E-state index in [0.29, 0.717) is 12.2 Å². The Hall–Kier alpha value is -1.79. The zero-order chi connectivity index (χ0) is 15.5. The fraction of sp³-hybridized carbons (Fsp3) is 0.438. The lowest BCUT2D eigenvalue weighted by molar-refractivity contribution is 0.0694. The van der Waals surface area contributed by atoms with Gasteiger partial charge in [-0.25, -0.2) is 9.78 Å². The lowest BCUT2D eigenvalue weighted by Gasteiger charge is -2.15. The molecule has 3 rings (SSSR count). The van der Waals surface area contributed by atoms with Crippen molar-refractivity contribution in [1.29, 1.82) is 0 Å². The van der Waals surface area contributed by atoms with E-state index >= 15 is 0 Å². The summed E-state index contributed by atoms with van der Waals surface area (Å²) in [6.45, 7) is 1.24. The molecule has 0 saturated carbocycles. The summed E-state index contributed by atoms with van der Waals surface area (Å²) in [5.74, 6) is -0.929. The van der Waals surface area contributed by atoms with Gasteiger partial charge in [0.15, 0.2) is 0 Å². The molecule has 0 bridgehead atoms. The minimum Gasteiger partial charge on any atom is -0.478 e. The van der Waals surface area contributed by atoms with Gasteiger partial charge in [-0.15, -0.1) is 11.3 Å². The normalized spacial score (nSPS) is 14.1. The molecule has 0 aromatic carbocycles. The summed E-state index contributed by atoms with van der Waals surface area (Å²) < 4.78 is 0. The first-order valence-corrected chi connectivity index (χ1v) is 8.28. The quantitative estimate of drug-likeness (QED) is 0.918. The number of aromatic nitrogens is 2. The van der Waals surface area contributed by atoms with Crippen LogP contribution >= 0.6 is 11.3 Å². The summed E-state index contributed by atoms with van der Waals surface area (Å²) in [4.78, 5) is 23.7. The predicted molar refractivity (Wildman–Crippen MR) is 85.1 cm³/mol. The summed E-state index contributed by atoms with van der Waals surface area (Å²) >= 11 is 1.80. The fourth-order valence-corrected chi connectivity index (χ4v) is 4.01. The van der Waals surface area contributed by atoms with E-state index in [0.717, 1.165) is 24.4 Å². The van der Waals surface area contributed by atoms with Crippen LogP contribution in [0.1, 0.15) is 44.5 Å². The molecule has 0 atom stereocenters. The molecule has 1 aliphatic rings. The second-order valence-corrected chi connectivity index (χ2v) is 6.83. The van der Waals surface area contributed by atoms with Crippen LogP contribution in [0.2, 0.25) is 0 Å². The third-order valence-electron chi connectivity index (χ3n) is 3.84. The van der Waals surface area contributed by atoms with Gasteiger partial charge in [-0.1, -0.05) is 0 Å². The molecule has 0 aliphatic heterocycles. The van der Waals surface area contributed by atoms with Gasteiger partial charge < -0.3 is 5.11 Å². The third kappa shape index (κ3) is 3.34. The smallest absolute Gasteiger partial charge is 0.337 e. The van der Waals surface area contributed by atoms with Crippen LogP contribution in [0.5, 0.6) is 0 Å². The van der Waals surface area contributed by atoms with Crippen LogP contribution < -0.4 is 0 Å². The standard InChI is InChI=1S/C16H19N3O2S/c1-19(9-13-11(16(20)21)5-4-8-17-13)10-15-18-12-6-2-3-7-14(12)22-15/h4-5,8H,2-3,6-7,9-10H2,1H3,(H,20,21). The van der Waals surface area contributed by atoms with Crippen molar-refractivity contribution in [3.8, 4) is 0 Å². The Labute approximate surface area is 133 Å². The number of carbonyl (C=O) groups is 1. The van der Waals surface area contributed by atoms with Gasteiger partial charge in [0.05, 0.1) is 23.5 Å². The first-order valence-electron chi connectivity index (χ1n) is 7.46. The van der Waals surface area contributed by atoms with Crippen molar-refractivity contribution < 1.29 is 9.90 Å². The Morgan fingerprint density at radius 3 is 2.95 bits per heavy atom. The van der Waals surface area contributed by atoms with Crippen molar-refractivity contribution in [1.82, 2.24) is 14.9 Å². The maximum atomic E-state index is 11.2. The van der Waals surface area contributed by atoms with Crippen molar-refractivity contribution in [2.45, 2.75) is 38.8 Å². The number of fused-ring (bicyclic) bond motifs is 1. The predicted octanol–water partition coefficient (Wildman–Crippen LogP) is 2.75. The molecule has 1 N–H and O–H groups in total. The third-order valence-corrected chi connectivity index (χ3v) is 4.98. The molecule has 6 heteroatoms. The minimum absolute atomic E-state index is 0.271. The first-order chi connectivity index (χ1) is 10.6. The second kappa shape index (κ2) is 6.54. The molecular formula is C16H19N3O2S.